The van der Waals surface area contributed by atoms with Gasteiger partial charge in [0.25, 0.3) is 0 Å². The Labute approximate surface area is 85.3 Å². The Hall–Kier alpha value is -1.03. The molecule has 0 amide bonds. The predicted octanol–water partition coefficient (Wildman–Crippen LogP) is 2.17. The molecule has 0 saturated heterocycles. The molecule has 14 heavy (non-hydrogen) atoms. The molecule has 4 heteroatoms. The van der Waals surface area contributed by atoms with Gasteiger partial charge in [-0.1, -0.05) is 13.0 Å². The lowest BCUT2D eigenvalue weighted by Crippen LogP contribution is -2.03. The fraction of sp³-hybridized carbons (Fsp3) is 0.400. The van der Waals surface area contributed by atoms with Crippen molar-refractivity contribution in [2.45, 2.75) is 11.8 Å². The molecule has 0 N–H and O–H groups in total. The van der Waals surface area contributed by atoms with E-state index in [0.717, 1.165) is 4.90 Å². The van der Waals surface area contributed by atoms with Crippen molar-refractivity contribution in [1.82, 2.24) is 0 Å². The van der Waals surface area contributed by atoms with Gasteiger partial charge >= 0.3 is 0 Å². The van der Waals surface area contributed by atoms with Crippen LogP contribution in [-0.4, -0.2) is 24.1 Å². The Morgan fingerprint density at radius 1 is 1.50 bits per heavy atom. The number of ether oxygens (including phenoxy) is 1. The third kappa shape index (κ3) is 2.07. The van der Waals surface area contributed by atoms with E-state index in [4.69, 9.17) is 4.74 Å². The zero-order valence-electron chi connectivity index (χ0n) is 8.69. The van der Waals surface area contributed by atoms with Crippen LogP contribution in [0.15, 0.2) is 33.5 Å². The van der Waals surface area contributed by atoms with Crippen LogP contribution in [0.25, 0.3) is 0 Å². The maximum absolute atomic E-state index is 12.2. The van der Waals surface area contributed by atoms with Crippen molar-refractivity contribution in [3.63, 3.8) is 0 Å². The Balaban J connectivity index is 3.26. The second-order valence-corrected chi connectivity index (χ2v) is 5.49. The molecule has 0 fully saturated rings. The van der Waals surface area contributed by atoms with Crippen LogP contribution in [0.3, 0.4) is 0 Å². The maximum Gasteiger partial charge on any atom is 0.120 e. The highest BCUT2D eigenvalue weighted by Gasteiger charge is 2.09. The molecule has 0 heterocycles. The minimum atomic E-state index is -2.23. The van der Waals surface area contributed by atoms with Gasteiger partial charge in [-0.3, -0.25) is 0 Å². The lowest BCUT2D eigenvalue weighted by molar-refractivity contribution is 0.413. The molecule has 0 spiro atoms. The van der Waals surface area contributed by atoms with Gasteiger partial charge in [-0.15, -0.1) is 0 Å². The summed E-state index contributed by atoms with van der Waals surface area (Å²) in [6.45, 7) is 1.87. The zero-order chi connectivity index (χ0) is 10.6. The van der Waals surface area contributed by atoms with Crippen molar-refractivity contribution in [3.05, 3.63) is 24.3 Å². The third-order valence-electron chi connectivity index (χ3n) is 2.10. The van der Waals surface area contributed by atoms with Crippen LogP contribution in [0, 0.1) is 0 Å². The van der Waals surface area contributed by atoms with Crippen LogP contribution in [0.1, 0.15) is 6.92 Å². The third-order valence-corrected chi connectivity index (χ3v) is 4.46. The van der Waals surface area contributed by atoms with Gasteiger partial charge in [0.15, 0.2) is 0 Å². The molecular formula is C10H15NO2S. The van der Waals surface area contributed by atoms with Crippen LogP contribution in [0.4, 0.5) is 0 Å². The smallest absolute Gasteiger partial charge is 0.120 e. The van der Waals surface area contributed by atoms with E-state index in [-0.39, 0.29) is 0 Å². The number of hydrogen-bond acceptors (Lipinski definition) is 3. The van der Waals surface area contributed by atoms with E-state index >= 15 is 0 Å². The van der Waals surface area contributed by atoms with Crippen molar-refractivity contribution >= 4 is 9.73 Å². The summed E-state index contributed by atoms with van der Waals surface area (Å²) in [5.41, 5.74) is 0. The normalized spacial score (nSPS) is 14.5. The molecule has 1 unspecified atom stereocenters. The van der Waals surface area contributed by atoms with Gasteiger partial charge in [0.05, 0.1) is 21.7 Å². The highest BCUT2D eigenvalue weighted by molar-refractivity contribution is 7.93. The Bertz CT molecular complexity index is 420. The predicted molar refractivity (Wildman–Crippen MR) is 58.3 cm³/mol. The maximum atomic E-state index is 12.2. The summed E-state index contributed by atoms with van der Waals surface area (Å²) in [6.07, 6.45) is 0. The lowest BCUT2D eigenvalue weighted by atomic mass is 10.3. The Morgan fingerprint density at radius 3 is 2.71 bits per heavy atom. The van der Waals surface area contributed by atoms with E-state index in [9.17, 15) is 4.21 Å². The van der Waals surface area contributed by atoms with Crippen LogP contribution in [-0.2, 0) is 9.73 Å². The van der Waals surface area contributed by atoms with Crippen LogP contribution in [0.2, 0.25) is 0 Å². The topological polar surface area (TPSA) is 38.7 Å². The summed E-state index contributed by atoms with van der Waals surface area (Å²) in [5.74, 6) is 1.24. The Morgan fingerprint density at radius 2 is 2.21 bits per heavy atom. The van der Waals surface area contributed by atoms with Gasteiger partial charge in [-0.25, -0.2) is 8.57 Å². The monoisotopic (exact) mass is 213 g/mol. The first-order valence-electron chi connectivity index (χ1n) is 4.43. The first-order valence-corrected chi connectivity index (χ1v) is 6.11. The van der Waals surface area contributed by atoms with Crippen molar-refractivity contribution in [3.8, 4) is 5.75 Å². The van der Waals surface area contributed by atoms with Crippen LogP contribution in [0.5, 0.6) is 5.75 Å². The average Bonchev–Trinajstić information content (AvgIpc) is 2.28. The summed E-state index contributed by atoms with van der Waals surface area (Å²) >= 11 is 0. The Kier molecular flexibility index (Phi) is 3.52. The van der Waals surface area contributed by atoms with E-state index in [0.29, 0.717) is 11.5 Å². The SMILES string of the molecule is CCS(=O)(=NC)c1cccc(OC)c1. The molecule has 0 aliphatic rings. The van der Waals surface area contributed by atoms with Crippen molar-refractivity contribution in [2.24, 2.45) is 4.36 Å². The molecule has 0 aliphatic carbocycles. The van der Waals surface area contributed by atoms with E-state index in [1.165, 1.54) is 0 Å². The first kappa shape index (κ1) is 11.0. The van der Waals surface area contributed by atoms with Gasteiger partial charge in [-0.2, -0.15) is 0 Å². The second-order valence-electron chi connectivity index (χ2n) is 2.79. The van der Waals surface area contributed by atoms with E-state index in [1.54, 1.807) is 20.2 Å². The lowest BCUT2D eigenvalue weighted by Gasteiger charge is -2.07. The van der Waals surface area contributed by atoms with E-state index in [2.05, 4.69) is 4.36 Å². The molecule has 78 valence electrons. The molecule has 3 nitrogen and oxygen atoms in total. The summed E-state index contributed by atoms with van der Waals surface area (Å²) in [6, 6.07) is 7.25. The quantitative estimate of drug-likeness (QED) is 0.772. The number of methoxy groups -OCH3 is 1. The molecule has 0 radical (unpaired) electrons. The molecular weight excluding hydrogens is 198 g/mol. The van der Waals surface area contributed by atoms with Crippen molar-refractivity contribution in [2.75, 3.05) is 19.9 Å². The molecule has 0 saturated carbocycles. The molecule has 1 atom stereocenters. The van der Waals surface area contributed by atoms with E-state index < -0.39 is 9.73 Å². The highest BCUT2D eigenvalue weighted by Crippen LogP contribution is 2.19. The molecule has 1 rings (SSSR count). The fourth-order valence-electron chi connectivity index (χ4n) is 1.20. The molecule has 1 aromatic carbocycles. The minimum absolute atomic E-state index is 0.524. The molecule has 0 aliphatic heterocycles. The number of benzene rings is 1. The van der Waals surface area contributed by atoms with Crippen molar-refractivity contribution in [1.29, 1.82) is 0 Å². The molecule has 0 aromatic heterocycles. The van der Waals surface area contributed by atoms with Crippen molar-refractivity contribution < 1.29 is 8.95 Å². The summed E-state index contributed by atoms with van der Waals surface area (Å²) in [7, 11) is 0.951. The second kappa shape index (κ2) is 4.46. The van der Waals surface area contributed by atoms with Gasteiger partial charge in [0, 0.05) is 12.8 Å². The zero-order valence-corrected chi connectivity index (χ0v) is 9.50. The molecule has 0 bridgehead atoms. The van der Waals surface area contributed by atoms with Gasteiger partial charge < -0.3 is 4.74 Å². The van der Waals surface area contributed by atoms with Gasteiger partial charge in [0.2, 0.25) is 0 Å². The summed E-state index contributed by atoms with van der Waals surface area (Å²) in [5, 5.41) is 0. The summed E-state index contributed by atoms with van der Waals surface area (Å²) in [4.78, 5) is 0.738. The van der Waals surface area contributed by atoms with Gasteiger partial charge in [-0.05, 0) is 18.2 Å². The van der Waals surface area contributed by atoms with Crippen LogP contribution < -0.4 is 4.74 Å². The summed E-state index contributed by atoms with van der Waals surface area (Å²) < 4.78 is 21.2. The first-order chi connectivity index (χ1) is 6.66. The largest absolute Gasteiger partial charge is 0.497 e. The molecule has 1 aromatic rings. The average molecular weight is 213 g/mol. The minimum Gasteiger partial charge on any atom is -0.497 e. The number of rotatable bonds is 3. The standard InChI is InChI=1S/C10H15NO2S/c1-4-14(12,11-2)10-7-5-6-9(8-10)13-3/h5-8H,4H2,1-3H3. The van der Waals surface area contributed by atoms with Crippen LogP contribution >= 0.6 is 0 Å². The van der Waals surface area contributed by atoms with Gasteiger partial charge in [0.1, 0.15) is 5.75 Å². The highest BCUT2D eigenvalue weighted by atomic mass is 32.2. The fourth-order valence-corrected chi connectivity index (χ4v) is 2.59. The number of hydrogen-bond donors (Lipinski definition) is 0. The van der Waals surface area contributed by atoms with E-state index in [1.807, 2.05) is 25.1 Å². The number of nitrogens with zero attached hydrogens (tertiary/aromatic N) is 1.